The summed E-state index contributed by atoms with van der Waals surface area (Å²) in [6.07, 6.45) is 0. The lowest BCUT2D eigenvalue weighted by atomic mass is 9.88. The third-order valence-corrected chi connectivity index (χ3v) is 4.97. The number of benzene rings is 2. The van der Waals surface area contributed by atoms with Crippen LogP contribution in [-0.4, -0.2) is 34.4 Å². The van der Waals surface area contributed by atoms with Gasteiger partial charge in [0.1, 0.15) is 0 Å². The van der Waals surface area contributed by atoms with Gasteiger partial charge in [0.2, 0.25) is 0 Å². The number of phenolic OH excluding ortho intramolecular Hbond substituents is 1. The van der Waals surface area contributed by atoms with Gasteiger partial charge in [-0.25, -0.2) is 9.18 Å². The van der Waals surface area contributed by atoms with Crippen molar-refractivity contribution in [3.05, 3.63) is 64.5 Å². The summed E-state index contributed by atoms with van der Waals surface area (Å²) in [6, 6.07) is 8.60. The molecule has 138 valence electrons. The molecular formula is C19H16FN3O4. The Balaban J connectivity index is 1.72. The topological polar surface area (TPSA) is 98.7 Å². The second kappa shape index (κ2) is 5.80. The lowest BCUT2D eigenvalue weighted by Crippen LogP contribution is -2.52. The first-order chi connectivity index (χ1) is 12.8. The van der Waals surface area contributed by atoms with E-state index in [0.717, 1.165) is 11.6 Å². The van der Waals surface area contributed by atoms with E-state index in [0.29, 0.717) is 11.1 Å². The maximum absolute atomic E-state index is 13.6. The Labute approximate surface area is 153 Å². The molecule has 3 N–H and O–H groups in total. The van der Waals surface area contributed by atoms with Gasteiger partial charge in [-0.1, -0.05) is 29.8 Å². The summed E-state index contributed by atoms with van der Waals surface area (Å²) in [5, 5.41) is 14.4. The number of urea groups is 1. The Kier molecular flexibility index (Phi) is 3.66. The molecule has 0 aliphatic carbocycles. The van der Waals surface area contributed by atoms with Crippen molar-refractivity contribution in [2.75, 3.05) is 6.54 Å². The van der Waals surface area contributed by atoms with Crippen molar-refractivity contribution in [3.63, 3.8) is 0 Å². The molecule has 0 radical (unpaired) electrons. The molecule has 2 aromatic carbocycles. The van der Waals surface area contributed by atoms with Crippen molar-refractivity contribution < 1.29 is 23.9 Å². The second-order valence-corrected chi connectivity index (χ2v) is 6.80. The van der Waals surface area contributed by atoms with Gasteiger partial charge in [0.25, 0.3) is 11.8 Å². The van der Waals surface area contributed by atoms with Crippen LogP contribution in [0.1, 0.15) is 27.0 Å². The van der Waals surface area contributed by atoms with Crippen LogP contribution in [0.3, 0.4) is 0 Å². The Morgan fingerprint density at radius 1 is 1.19 bits per heavy atom. The van der Waals surface area contributed by atoms with E-state index < -0.39 is 35.0 Å². The molecular weight excluding hydrogens is 353 g/mol. The average Bonchev–Trinajstić information content (AvgIpc) is 3.06. The molecule has 27 heavy (non-hydrogen) atoms. The number of nitrogens with one attached hydrogen (secondary N) is 2. The van der Waals surface area contributed by atoms with Gasteiger partial charge in [-0.05, 0) is 30.2 Å². The molecule has 4 rings (SSSR count). The first kappa shape index (κ1) is 17.0. The summed E-state index contributed by atoms with van der Waals surface area (Å²) in [7, 11) is 0. The fourth-order valence-electron chi connectivity index (χ4n) is 3.53. The molecule has 2 aliphatic heterocycles. The zero-order valence-electron chi connectivity index (χ0n) is 14.4. The largest absolute Gasteiger partial charge is 0.505 e. The molecule has 7 nitrogen and oxygen atoms in total. The Bertz CT molecular complexity index is 989. The van der Waals surface area contributed by atoms with Crippen molar-refractivity contribution >= 4 is 17.8 Å². The molecule has 1 saturated heterocycles. The normalized spacial score (nSPS) is 21.3. The van der Waals surface area contributed by atoms with Crippen molar-refractivity contribution in [1.29, 1.82) is 0 Å². The number of aromatic hydroxyl groups is 1. The minimum atomic E-state index is -1.44. The number of hydrogen-bond acceptors (Lipinski definition) is 4. The van der Waals surface area contributed by atoms with E-state index in [-0.39, 0.29) is 18.7 Å². The number of rotatable bonds is 3. The first-order valence-corrected chi connectivity index (χ1v) is 8.31. The van der Waals surface area contributed by atoms with Crippen LogP contribution in [0.2, 0.25) is 0 Å². The van der Waals surface area contributed by atoms with Gasteiger partial charge in [-0.2, -0.15) is 0 Å². The number of halogens is 1. The molecule has 1 unspecified atom stereocenters. The molecule has 0 bridgehead atoms. The summed E-state index contributed by atoms with van der Waals surface area (Å²) < 4.78 is 13.6. The van der Waals surface area contributed by atoms with E-state index >= 15 is 0 Å². The zero-order valence-corrected chi connectivity index (χ0v) is 14.4. The van der Waals surface area contributed by atoms with E-state index in [9.17, 15) is 23.9 Å². The van der Waals surface area contributed by atoms with Crippen LogP contribution in [0.25, 0.3) is 0 Å². The molecule has 0 saturated carbocycles. The highest BCUT2D eigenvalue weighted by molar-refractivity contribution is 6.08. The second-order valence-electron chi connectivity index (χ2n) is 6.80. The Morgan fingerprint density at radius 2 is 1.89 bits per heavy atom. The highest BCUT2D eigenvalue weighted by Gasteiger charge is 2.50. The maximum Gasteiger partial charge on any atom is 0.322 e. The average molecular weight is 369 g/mol. The number of carbonyl (C=O) groups excluding carboxylic acids is 3. The summed E-state index contributed by atoms with van der Waals surface area (Å²) in [5.74, 6) is -2.45. The number of hydrogen-bond donors (Lipinski definition) is 3. The van der Waals surface area contributed by atoms with Crippen LogP contribution in [0.5, 0.6) is 5.75 Å². The van der Waals surface area contributed by atoms with Crippen LogP contribution in [0.4, 0.5) is 9.18 Å². The highest BCUT2D eigenvalue weighted by Crippen LogP contribution is 2.33. The van der Waals surface area contributed by atoms with Gasteiger partial charge in [-0.15, -0.1) is 0 Å². The van der Waals surface area contributed by atoms with Crippen LogP contribution >= 0.6 is 0 Å². The van der Waals surface area contributed by atoms with Crippen LogP contribution in [0.15, 0.2) is 36.4 Å². The predicted molar refractivity (Wildman–Crippen MR) is 92.3 cm³/mol. The van der Waals surface area contributed by atoms with Gasteiger partial charge >= 0.3 is 6.03 Å². The molecule has 0 spiro atoms. The van der Waals surface area contributed by atoms with Gasteiger partial charge < -0.3 is 15.3 Å². The van der Waals surface area contributed by atoms with Gasteiger partial charge in [0, 0.05) is 12.1 Å². The minimum absolute atomic E-state index is 0.0960. The summed E-state index contributed by atoms with van der Waals surface area (Å²) in [4.78, 5) is 38.5. The predicted octanol–water partition coefficient (Wildman–Crippen LogP) is 1.53. The standard InChI is InChI=1S/C19H16FN3O4/c1-10-2-4-12(5-3-10)19(17(26)21-18(27)22-19)9-23-8-11-6-15(24)14(20)7-13(11)16(23)25/h2-7,24H,8-9H2,1H3,(H2,21,22,26,27). The molecule has 2 aliphatic rings. The number of nitrogens with zero attached hydrogens (tertiary/aromatic N) is 1. The number of phenols is 1. The lowest BCUT2D eigenvalue weighted by Gasteiger charge is -2.31. The quantitative estimate of drug-likeness (QED) is 0.715. The maximum atomic E-state index is 13.6. The van der Waals surface area contributed by atoms with E-state index in [1.807, 2.05) is 19.1 Å². The zero-order chi connectivity index (χ0) is 19.3. The number of imide groups is 1. The first-order valence-electron chi connectivity index (χ1n) is 8.31. The third kappa shape index (κ3) is 2.61. The van der Waals surface area contributed by atoms with E-state index in [4.69, 9.17) is 0 Å². The summed E-state index contributed by atoms with van der Waals surface area (Å²) in [5.41, 5.74) is 0.670. The molecule has 0 aromatic heterocycles. The Hall–Kier alpha value is -3.42. The Morgan fingerprint density at radius 3 is 2.52 bits per heavy atom. The minimum Gasteiger partial charge on any atom is -0.505 e. The van der Waals surface area contributed by atoms with Crippen LogP contribution in [-0.2, 0) is 16.9 Å². The van der Waals surface area contributed by atoms with Gasteiger partial charge in [-0.3, -0.25) is 14.9 Å². The van der Waals surface area contributed by atoms with Crippen molar-refractivity contribution in [3.8, 4) is 5.75 Å². The summed E-state index contributed by atoms with van der Waals surface area (Å²) in [6.45, 7) is 1.87. The fourth-order valence-corrected chi connectivity index (χ4v) is 3.53. The molecule has 1 fully saturated rings. The third-order valence-electron chi connectivity index (χ3n) is 4.97. The monoisotopic (exact) mass is 369 g/mol. The smallest absolute Gasteiger partial charge is 0.322 e. The number of carbonyl (C=O) groups is 3. The fraction of sp³-hybridized carbons (Fsp3) is 0.211. The van der Waals surface area contributed by atoms with Crippen LogP contribution in [0, 0.1) is 12.7 Å². The van der Waals surface area contributed by atoms with E-state index in [1.54, 1.807) is 12.1 Å². The van der Waals surface area contributed by atoms with Crippen molar-refractivity contribution in [1.82, 2.24) is 15.5 Å². The highest BCUT2D eigenvalue weighted by atomic mass is 19.1. The number of fused-ring (bicyclic) bond motifs is 1. The number of aryl methyl sites for hydroxylation is 1. The molecule has 2 heterocycles. The van der Waals surface area contributed by atoms with E-state index in [2.05, 4.69) is 10.6 Å². The molecule has 4 amide bonds. The SMILES string of the molecule is Cc1ccc(C2(CN3Cc4cc(O)c(F)cc4C3=O)NC(=O)NC2=O)cc1. The van der Waals surface area contributed by atoms with Crippen LogP contribution < -0.4 is 10.6 Å². The molecule has 8 heteroatoms. The molecule has 1 atom stereocenters. The van der Waals surface area contributed by atoms with Gasteiger partial charge in [0.15, 0.2) is 17.1 Å². The molecule has 2 aromatic rings. The van der Waals surface area contributed by atoms with Crippen molar-refractivity contribution in [2.45, 2.75) is 19.0 Å². The number of amides is 4. The lowest BCUT2D eigenvalue weighted by molar-refractivity contribution is -0.124. The van der Waals surface area contributed by atoms with E-state index in [1.165, 1.54) is 11.0 Å². The van der Waals surface area contributed by atoms with Crippen molar-refractivity contribution in [2.24, 2.45) is 0 Å². The summed E-state index contributed by atoms with van der Waals surface area (Å²) >= 11 is 0. The van der Waals surface area contributed by atoms with Gasteiger partial charge in [0.05, 0.1) is 6.54 Å².